The van der Waals surface area contributed by atoms with Gasteiger partial charge in [0, 0.05) is 12.8 Å². The van der Waals surface area contributed by atoms with Gasteiger partial charge in [0.1, 0.15) is 19.3 Å². The number of rotatable bonds is 11. The molecule has 1 aliphatic carbocycles. The molecule has 0 aliphatic heterocycles. The second-order valence-electron chi connectivity index (χ2n) is 9.00. The average Bonchev–Trinajstić information content (AvgIpc) is 2.89. The van der Waals surface area contributed by atoms with Crippen LogP contribution in [-0.2, 0) is 23.9 Å². The van der Waals surface area contributed by atoms with Gasteiger partial charge in [-0.15, -0.1) is 0 Å². The lowest BCUT2D eigenvalue weighted by Gasteiger charge is -2.42. The number of aliphatic hydroxyl groups is 2. The number of benzene rings is 2. The van der Waals surface area contributed by atoms with E-state index >= 15 is 0 Å². The third-order valence-electron chi connectivity index (χ3n) is 6.09. The maximum absolute atomic E-state index is 12.3. The van der Waals surface area contributed by atoms with E-state index in [1.54, 1.807) is 0 Å². The van der Waals surface area contributed by atoms with Crippen molar-refractivity contribution in [1.29, 1.82) is 0 Å². The normalized spacial score (nSPS) is 23.3. The van der Waals surface area contributed by atoms with Crippen molar-refractivity contribution >= 4 is 29.7 Å². The molecule has 39 heavy (non-hydrogen) atoms. The second-order valence-corrected chi connectivity index (χ2v) is 9.00. The Hall–Kier alpha value is -4.23. The molecule has 12 heteroatoms. The van der Waals surface area contributed by atoms with E-state index < -0.39 is 67.5 Å². The Morgan fingerprint density at radius 3 is 1.79 bits per heavy atom. The van der Waals surface area contributed by atoms with Crippen molar-refractivity contribution in [2.75, 3.05) is 13.2 Å². The molecule has 208 valence electrons. The van der Waals surface area contributed by atoms with E-state index in [4.69, 9.17) is 9.47 Å². The molecular formula is C27H28O12. The Bertz CT molecular complexity index is 1280. The Kier molecular flexibility index (Phi) is 9.43. The predicted octanol–water partition coefficient (Wildman–Crippen LogP) is 1.11. The van der Waals surface area contributed by atoms with Crippen molar-refractivity contribution in [3.63, 3.8) is 0 Å². The number of carbonyl (C=O) groups excluding carboxylic acids is 2. The zero-order valence-electron chi connectivity index (χ0n) is 20.5. The van der Waals surface area contributed by atoms with Crippen molar-refractivity contribution in [2.24, 2.45) is 0 Å². The molecule has 2 aromatic carbocycles. The topological polar surface area (TPSA) is 211 Å². The van der Waals surface area contributed by atoms with Gasteiger partial charge in [0.2, 0.25) is 0 Å². The summed E-state index contributed by atoms with van der Waals surface area (Å²) in [6, 6.07) is 7.78. The van der Waals surface area contributed by atoms with Crippen LogP contribution in [0.15, 0.2) is 48.6 Å². The van der Waals surface area contributed by atoms with Crippen LogP contribution in [0.25, 0.3) is 12.2 Å². The molecule has 1 aliphatic rings. The van der Waals surface area contributed by atoms with Gasteiger partial charge in [-0.25, -0.2) is 4.79 Å². The number of carboxylic acids is 1. The Morgan fingerprint density at radius 1 is 0.795 bits per heavy atom. The number of ether oxygens (including phenoxy) is 2. The molecule has 0 heterocycles. The molecule has 4 unspecified atom stereocenters. The molecule has 0 bridgehead atoms. The molecule has 0 amide bonds. The molecule has 3 rings (SSSR count). The number of phenolic OH excluding ortho intramolecular Hbond substituents is 4. The van der Waals surface area contributed by atoms with E-state index in [0.29, 0.717) is 11.1 Å². The van der Waals surface area contributed by atoms with Crippen LogP contribution in [0.2, 0.25) is 0 Å². The van der Waals surface area contributed by atoms with E-state index in [0.717, 1.165) is 12.2 Å². The van der Waals surface area contributed by atoms with Crippen LogP contribution in [0.1, 0.15) is 24.0 Å². The largest absolute Gasteiger partial charge is 0.504 e. The number of hydrogen-bond donors (Lipinski definition) is 7. The fraction of sp³-hybridized carbons (Fsp3) is 0.296. The number of carbonyl (C=O) groups is 3. The van der Waals surface area contributed by atoms with Gasteiger partial charge >= 0.3 is 5.97 Å². The first kappa shape index (κ1) is 29.3. The number of ketones is 2. The van der Waals surface area contributed by atoms with Gasteiger partial charge in [-0.3, -0.25) is 9.59 Å². The number of hydrogen-bond acceptors (Lipinski definition) is 11. The Labute approximate surface area is 222 Å². The van der Waals surface area contributed by atoms with Crippen LogP contribution in [-0.4, -0.2) is 90.4 Å². The molecule has 4 atom stereocenters. The first-order chi connectivity index (χ1) is 18.4. The van der Waals surface area contributed by atoms with Crippen molar-refractivity contribution in [1.82, 2.24) is 0 Å². The molecule has 0 spiro atoms. The smallest absolute Gasteiger partial charge is 0.336 e. The average molecular weight is 545 g/mol. The third-order valence-corrected chi connectivity index (χ3v) is 6.09. The lowest BCUT2D eigenvalue weighted by atomic mass is 9.79. The summed E-state index contributed by atoms with van der Waals surface area (Å²) in [5.41, 5.74) is -1.30. The minimum absolute atomic E-state index is 0.328. The van der Waals surface area contributed by atoms with Gasteiger partial charge in [0.05, 0.1) is 12.2 Å². The van der Waals surface area contributed by atoms with Crippen LogP contribution < -0.4 is 0 Å². The fourth-order valence-corrected chi connectivity index (χ4v) is 3.91. The summed E-state index contributed by atoms with van der Waals surface area (Å²) in [6.07, 6.45) is -0.551. The van der Waals surface area contributed by atoms with Gasteiger partial charge in [0.15, 0.2) is 40.2 Å². The SMILES string of the molecule is O=C(C=Cc1ccc(O)c(O)c1)COC1CC(OCC(=O)C=Cc2ccc(O)c(O)c2)(C(=O)O)CC(O)C1O. The highest BCUT2D eigenvalue weighted by Gasteiger charge is 2.52. The van der Waals surface area contributed by atoms with Crippen molar-refractivity contribution in [2.45, 2.75) is 36.8 Å². The minimum atomic E-state index is -2.09. The van der Waals surface area contributed by atoms with Crippen molar-refractivity contribution in [3.05, 3.63) is 59.7 Å². The molecule has 0 aromatic heterocycles. The van der Waals surface area contributed by atoms with Crippen LogP contribution in [0, 0.1) is 0 Å². The van der Waals surface area contributed by atoms with Gasteiger partial charge in [-0.05, 0) is 47.5 Å². The highest BCUT2D eigenvalue weighted by Crippen LogP contribution is 2.35. The first-order valence-corrected chi connectivity index (χ1v) is 11.7. The standard InChI is InChI=1S/C27H28O12/c28-17(5-1-15-3-7-19(30)21(32)9-15)13-38-24-12-27(26(36)37,11-23(34)25(24)35)39-14-18(29)6-2-16-4-8-20(31)22(33)10-16/h1-10,23-25,30-35H,11-14H2,(H,36,37). The molecule has 0 saturated heterocycles. The van der Waals surface area contributed by atoms with Gasteiger partial charge in [-0.1, -0.05) is 24.3 Å². The first-order valence-electron chi connectivity index (χ1n) is 11.7. The molecule has 12 nitrogen and oxygen atoms in total. The van der Waals surface area contributed by atoms with Crippen LogP contribution in [0.5, 0.6) is 23.0 Å². The predicted molar refractivity (Wildman–Crippen MR) is 135 cm³/mol. The van der Waals surface area contributed by atoms with Crippen molar-refractivity contribution in [3.8, 4) is 23.0 Å². The molecule has 0 radical (unpaired) electrons. The summed E-state index contributed by atoms with van der Waals surface area (Å²) in [7, 11) is 0. The van der Waals surface area contributed by atoms with Gasteiger partial charge < -0.3 is 45.2 Å². The number of phenols is 4. The zero-order valence-corrected chi connectivity index (χ0v) is 20.5. The third kappa shape index (κ3) is 7.65. The van der Waals surface area contributed by atoms with Crippen LogP contribution in [0.4, 0.5) is 0 Å². The van der Waals surface area contributed by atoms with Crippen LogP contribution in [0.3, 0.4) is 0 Å². The second kappa shape index (κ2) is 12.5. The molecule has 2 aromatic rings. The molecule has 1 fully saturated rings. The number of carboxylic acid groups (broad SMARTS) is 1. The summed E-state index contributed by atoms with van der Waals surface area (Å²) in [6.45, 7) is -1.27. The Morgan fingerprint density at radius 2 is 1.31 bits per heavy atom. The summed E-state index contributed by atoms with van der Waals surface area (Å²) in [5.74, 6) is -4.14. The maximum atomic E-state index is 12.3. The monoisotopic (exact) mass is 544 g/mol. The summed E-state index contributed by atoms with van der Waals surface area (Å²) in [4.78, 5) is 36.7. The lowest BCUT2D eigenvalue weighted by Crippen LogP contribution is -2.58. The zero-order chi connectivity index (χ0) is 28.7. The lowest BCUT2D eigenvalue weighted by molar-refractivity contribution is -0.205. The quantitative estimate of drug-likeness (QED) is 0.157. The highest BCUT2D eigenvalue weighted by atomic mass is 16.5. The van der Waals surface area contributed by atoms with Crippen LogP contribution >= 0.6 is 0 Å². The highest BCUT2D eigenvalue weighted by molar-refractivity contribution is 5.95. The van der Waals surface area contributed by atoms with E-state index in [9.17, 15) is 50.1 Å². The van der Waals surface area contributed by atoms with E-state index in [1.807, 2.05) is 0 Å². The fourth-order valence-electron chi connectivity index (χ4n) is 3.91. The van der Waals surface area contributed by atoms with Gasteiger partial charge in [0.25, 0.3) is 0 Å². The molecular weight excluding hydrogens is 516 g/mol. The summed E-state index contributed by atoms with van der Waals surface area (Å²) in [5, 5.41) is 68.2. The number of aliphatic carboxylic acids is 1. The van der Waals surface area contributed by atoms with E-state index in [1.165, 1.54) is 48.6 Å². The molecule has 1 saturated carbocycles. The molecule has 7 N–H and O–H groups in total. The van der Waals surface area contributed by atoms with Gasteiger partial charge in [-0.2, -0.15) is 0 Å². The van der Waals surface area contributed by atoms with Crippen molar-refractivity contribution < 1.29 is 59.6 Å². The van der Waals surface area contributed by atoms with E-state index in [-0.39, 0.29) is 23.0 Å². The minimum Gasteiger partial charge on any atom is -0.504 e. The number of aliphatic hydroxyl groups excluding tert-OH is 2. The Balaban J connectivity index is 1.62. The summed E-state index contributed by atoms with van der Waals surface area (Å²) >= 11 is 0. The maximum Gasteiger partial charge on any atom is 0.336 e. The number of aromatic hydroxyl groups is 4. The van der Waals surface area contributed by atoms with E-state index in [2.05, 4.69) is 0 Å². The summed E-state index contributed by atoms with van der Waals surface area (Å²) < 4.78 is 10.8.